The molecule has 1 aliphatic carbocycles. The first-order chi connectivity index (χ1) is 15.9. The predicted molar refractivity (Wildman–Crippen MR) is 123 cm³/mol. The Kier molecular flexibility index (Phi) is 5.49. The third-order valence-electron chi connectivity index (χ3n) is 5.29. The van der Waals surface area contributed by atoms with Crippen molar-refractivity contribution in [1.82, 2.24) is 14.6 Å². The number of hydrogen-bond donors (Lipinski definition) is 2. The highest BCUT2D eigenvalue weighted by atomic mass is 32.2. The van der Waals surface area contributed by atoms with Crippen LogP contribution in [0.4, 0.5) is 15.9 Å². The Morgan fingerprint density at radius 3 is 2.73 bits per heavy atom. The van der Waals surface area contributed by atoms with E-state index in [-0.39, 0.29) is 35.3 Å². The number of anilines is 2. The van der Waals surface area contributed by atoms with Gasteiger partial charge in [0.1, 0.15) is 16.8 Å². The Hall–Kier alpha value is -3.47. The molecule has 2 amide bonds. The average Bonchev–Trinajstić information content (AvgIpc) is 3.46. The first-order valence-electron chi connectivity index (χ1n) is 10.5. The van der Waals surface area contributed by atoms with Crippen LogP contribution in [0.2, 0.25) is 0 Å². The molecule has 0 saturated heterocycles. The SMILES string of the molecule is CC1=NC(C)C(C(=O)Nc2cc(Oc3ccc4nc(NC(=O)C5CC5)cn4n3)ccc2F)S1. The molecule has 3 aromatic rings. The molecular weight excluding hydrogens is 447 g/mol. The maximum Gasteiger partial charge on any atom is 0.240 e. The van der Waals surface area contributed by atoms with E-state index in [1.807, 2.05) is 13.8 Å². The number of nitrogens with one attached hydrogen (secondary N) is 2. The number of rotatable bonds is 6. The summed E-state index contributed by atoms with van der Waals surface area (Å²) in [5, 5.41) is 10.2. The van der Waals surface area contributed by atoms with Crippen molar-refractivity contribution in [2.45, 2.75) is 38.0 Å². The summed E-state index contributed by atoms with van der Waals surface area (Å²) in [6, 6.07) is 7.22. The van der Waals surface area contributed by atoms with Crippen molar-refractivity contribution in [3.05, 3.63) is 42.3 Å². The molecule has 2 N–H and O–H groups in total. The fourth-order valence-corrected chi connectivity index (χ4v) is 4.50. The second kappa shape index (κ2) is 8.47. The number of imidazole rings is 1. The van der Waals surface area contributed by atoms with E-state index in [1.54, 1.807) is 18.3 Å². The van der Waals surface area contributed by atoms with Gasteiger partial charge in [-0.2, -0.15) is 0 Å². The van der Waals surface area contributed by atoms with Crippen molar-refractivity contribution in [2.75, 3.05) is 10.6 Å². The van der Waals surface area contributed by atoms with Gasteiger partial charge < -0.3 is 15.4 Å². The van der Waals surface area contributed by atoms with Crippen LogP contribution in [0.25, 0.3) is 5.65 Å². The van der Waals surface area contributed by atoms with E-state index in [1.165, 1.54) is 34.5 Å². The Morgan fingerprint density at radius 2 is 2.00 bits per heavy atom. The maximum atomic E-state index is 14.3. The van der Waals surface area contributed by atoms with Crippen molar-refractivity contribution in [3.8, 4) is 11.6 Å². The lowest BCUT2D eigenvalue weighted by molar-refractivity contribution is -0.117. The number of carbonyl (C=O) groups is 2. The second-order valence-corrected chi connectivity index (χ2v) is 9.36. The number of amides is 2. The number of aromatic nitrogens is 3. The smallest absolute Gasteiger partial charge is 0.240 e. The van der Waals surface area contributed by atoms with Gasteiger partial charge in [-0.1, -0.05) is 11.8 Å². The number of ether oxygens (including phenoxy) is 1. The molecule has 1 fully saturated rings. The van der Waals surface area contributed by atoms with Gasteiger partial charge in [-0.15, -0.1) is 5.10 Å². The molecule has 170 valence electrons. The van der Waals surface area contributed by atoms with E-state index in [0.717, 1.165) is 17.9 Å². The Labute approximate surface area is 192 Å². The second-order valence-electron chi connectivity index (χ2n) is 8.02. The van der Waals surface area contributed by atoms with Crippen LogP contribution in [0.5, 0.6) is 11.6 Å². The largest absolute Gasteiger partial charge is 0.438 e. The summed E-state index contributed by atoms with van der Waals surface area (Å²) in [6.45, 7) is 3.70. The van der Waals surface area contributed by atoms with Crippen molar-refractivity contribution in [1.29, 1.82) is 0 Å². The highest BCUT2D eigenvalue weighted by Gasteiger charge is 2.32. The molecule has 9 nitrogen and oxygen atoms in total. The molecule has 1 aromatic carbocycles. The molecule has 11 heteroatoms. The van der Waals surface area contributed by atoms with Crippen molar-refractivity contribution in [2.24, 2.45) is 10.9 Å². The van der Waals surface area contributed by atoms with Gasteiger partial charge in [0.05, 0.1) is 23.0 Å². The summed E-state index contributed by atoms with van der Waals surface area (Å²) in [5.74, 6) is 0.112. The van der Waals surface area contributed by atoms with Crippen molar-refractivity contribution in [3.63, 3.8) is 0 Å². The normalized spacial score (nSPS) is 19.9. The Balaban J connectivity index is 1.29. The van der Waals surface area contributed by atoms with Gasteiger partial charge in [0.2, 0.25) is 17.7 Å². The lowest BCUT2D eigenvalue weighted by atomic mass is 10.2. The molecule has 2 atom stereocenters. The lowest BCUT2D eigenvalue weighted by Crippen LogP contribution is -2.31. The average molecular weight is 469 g/mol. The quantitative estimate of drug-likeness (QED) is 0.568. The first kappa shape index (κ1) is 21.4. The zero-order valence-electron chi connectivity index (χ0n) is 17.9. The number of halogens is 1. The summed E-state index contributed by atoms with van der Waals surface area (Å²) < 4.78 is 21.6. The van der Waals surface area contributed by atoms with Crippen LogP contribution in [-0.4, -0.2) is 42.7 Å². The number of fused-ring (bicyclic) bond motifs is 1. The van der Waals surface area contributed by atoms with E-state index in [2.05, 4.69) is 25.7 Å². The van der Waals surface area contributed by atoms with Gasteiger partial charge in [-0.05, 0) is 44.9 Å². The van der Waals surface area contributed by atoms with Crippen LogP contribution in [0.1, 0.15) is 26.7 Å². The maximum absolute atomic E-state index is 14.3. The Morgan fingerprint density at radius 1 is 1.18 bits per heavy atom. The van der Waals surface area contributed by atoms with Gasteiger partial charge >= 0.3 is 0 Å². The minimum Gasteiger partial charge on any atom is -0.438 e. The van der Waals surface area contributed by atoms with Gasteiger partial charge in [0, 0.05) is 18.1 Å². The van der Waals surface area contributed by atoms with E-state index < -0.39 is 11.1 Å². The molecule has 33 heavy (non-hydrogen) atoms. The number of aliphatic imine (C=N–C) groups is 1. The van der Waals surface area contributed by atoms with E-state index in [4.69, 9.17) is 4.74 Å². The van der Waals surface area contributed by atoms with Gasteiger partial charge in [0.15, 0.2) is 11.5 Å². The summed E-state index contributed by atoms with van der Waals surface area (Å²) in [5.41, 5.74) is 0.560. The zero-order chi connectivity index (χ0) is 23.1. The summed E-state index contributed by atoms with van der Waals surface area (Å²) in [6.07, 6.45) is 3.41. The van der Waals surface area contributed by atoms with Gasteiger partial charge in [-0.25, -0.2) is 13.9 Å². The van der Waals surface area contributed by atoms with Crippen molar-refractivity contribution >= 4 is 45.8 Å². The molecule has 0 bridgehead atoms. The molecular formula is C22H21FN6O3S. The van der Waals surface area contributed by atoms with Crippen LogP contribution in [-0.2, 0) is 9.59 Å². The molecule has 3 heterocycles. The van der Waals surface area contributed by atoms with E-state index in [0.29, 0.717) is 17.2 Å². The molecule has 5 rings (SSSR count). The standard InChI is InChI=1S/C22H21FN6O3S/c1-11-20(33-12(2)24-11)22(31)25-16-9-14(5-6-15(16)23)32-19-8-7-18-26-17(10-29(18)28-19)27-21(30)13-3-4-13/h5-11,13,20H,3-4H2,1-2H3,(H,25,31)(H,27,30). The highest BCUT2D eigenvalue weighted by Crippen LogP contribution is 2.31. The topological polar surface area (TPSA) is 110 Å². The summed E-state index contributed by atoms with van der Waals surface area (Å²) in [7, 11) is 0. The van der Waals surface area contributed by atoms with Crippen LogP contribution >= 0.6 is 11.8 Å². The predicted octanol–water partition coefficient (Wildman–Crippen LogP) is 3.87. The molecule has 1 saturated carbocycles. The third kappa shape index (κ3) is 4.68. The minimum absolute atomic E-state index is 0.0173. The summed E-state index contributed by atoms with van der Waals surface area (Å²) in [4.78, 5) is 33.2. The van der Waals surface area contributed by atoms with E-state index >= 15 is 0 Å². The highest BCUT2D eigenvalue weighted by molar-refractivity contribution is 8.15. The lowest BCUT2D eigenvalue weighted by Gasteiger charge is -2.14. The number of carbonyl (C=O) groups excluding carboxylic acids is 2. The number of benzene rings is 1. The number of nitrogens with zero attached hydrogens (tertiary/aromatic N) is 4. The van der Waals surface area contributed by atoms with Crippen LogP contribution < -0.4 is 15.4 Å². The monoisotopic (exact) mass is 468 g/mol. The molecule has 0 spiro atoms. The van der Waals surface area contributed by atoms with Gasteiger partial charge in [0.25, 0.3) is 0 Å². The summed E-state index contributed by atoms with van der Waals surface area (Å²) >= 11 is 1.36. The molecule has 1 aliphatic heterocycles. The van der Waals surface area contributed by atoms with Crippen LogP contribution in [0, 0.1) is 11.7 Å². The number of hydrogen-bond acceptors (Lipinski definition) is 7. The van der Waals surface area contributed by atoms with Crippen molar-refractivity contribution < 1.29 is 18.7 Å². The van der Waals surface area contributed by atoms with Crippen LogP contribution in [0.3, 0.4) is 0 Å². The Bertz CT molecular complexity index is 1290. The first-order valence-corrected chi connectivity index (χ1v) is 11.4. The fourth-order valence-electron chi connectivity index (χ4n) is 3.48. The van der Waals surface area contributed by atoms with Crippen LogP contribution in [0.15, 0.2) is 41.5 Å². The molecule has 2 aromatic heterocycles. The molecule has 2 aliphatic rings. The zero-order valence-corrected chi connectivity index (χ0v) is 18.7. The molecule has 0 radical (unpaired) electrons. The van der Waals surface area contributed by atoms with Gasteiger partial charge in [-0.3, -0.25) is 14.6 Å². The number of thioether (sulfide) groups is 1. The third-order valence-corrected chi connectivity index (χ3v) is 6.60. The van der Waals surface area contributed by atoms with E-state index in [9.17, 15) is 14.0 Å². The molecule has 2 unspecified atom stereocenters. The fraction of sp³-hybridized carbons (Fsp3) is 0.318. The minimum atomic E-state index is -0.571.